The Morgan fingerprint density at radius 1 is 1.24 bits per heavy atom. The van der Waals surface area contributed by atoms with Crippen LogP contribution in [-0.2, 0) is 9.84 Å². The Morgan fingerprint density at radius 3 is 2.48 bits per heavy atom. The first-order valence-corrected chi connectivity index (χ1v) is 9.06. The zero-order valence-electron chi connectivity index (χ0n) is 13.5. The maximum Gasteiger partial charge on any atom is 0.271 e. The van der Waals surface area contributed by atoms with E-state index >= 15 is 0 Å². The molecule has 0 spiro atoms. The van der Waals surface area contributed by atoms with Crippen LogP contribution >= 0.6 is 0 Å². The van der Waals surface area contributed by atoms with Gasteiger partial charge in [0.15, 0.2) is 9.84 Å². The third-order valence-electron chi connectivity index (χ3n) is 3.51. The minimum Gasteiger partial charge on any atom is -0.508 e. The maximum atomic E-state index is 12.4. The highest BCUT2D eigenvalue weighted by molar-refractivity contribution is 7.90. The quantitative estimate of drug-likeness (QED) is 0.618. The number of amides is 1. The average molecular weight is 364 g/mol. The number of non-ortho nitro benzene ring substituents is 1. The van der Waals surface area contributed by atoms with E-state index in [4.69, 9.17) is 0 Å². The number of carbonyl (C=O) groups excluding carboxylic acids is 1. The van der Waals surface area contributed by atoms with E-state index in [1.807, 2.05) is 0 Å². The van der Waals surface area contributed by atoms with Crippen molar-refractivity contribution in [1.82, 2.24) is 5.32 Å². The summed E-state index contributed by atoms with van der Waals surface area (Å²) in [6.07, 6.45) is 0.906. The molecule has 0 aliphatic rings. The van der Waals surface area contributed by atoms with Crippen molar-refractivity contribution in [3.8, 4) is 5.75 Å². The number of nitrogens with zero attached hydrogens (tertiary/aromatic N) is 1. The molecule has 0 fully saturated rings. The largest absolute Gasteiger partial charge is 0.508 e. The van der Waals surface area contributed by atoms with E-state index in [1.165, 1.54) is 12.1 Å². The molecule has 2 aromatic carbocycles. The fourth-order valence-electron chi connectivity index (χ4n) is 2.19. The van der Waals surface area contributed by atoms with Crippen molar-refractivity contribution in [2.45, 2.75) is 17.9 Å². The van der Waals surface area contributed by atoms with Gasteiger partial charge in [-0.3, -0.25) is 14.9 Å². The number of sulfone groups is 1. The van der Waals surface area contributed by atoms with Crippen LogP contribution in [0, 0.1) is 10.1 Å². The predicted octanol–water partition coefficient (Wildman–Crippen LogP) is 2.19. The van der Waals surface area contributed by atoms with E-state index in [-0.39, 0.29) is 16.2 Å². The van der Waals surface area contributed by atoms with Gasteiger partial charge in [0.25, 0.3) is 11.6 Å². The highest BCUT2D eigenvalue weighted by atomic mass is 32.2. The number of benzene rings is 2. The second-order valence-corrected chi connectivity index (χ2v) is 7.55. The molecule has 0 aliphatic carbocycles. The van der Waals surface area contributed by atoms with Crippen LogP contribution in [0.2, 0.25) is 0 Å². The summed E-state index contributed by atoms with van der Waals surface area (Å²) in [4.78, 5) is 22.3. The zero-order chi connectivity index (χ0) is 18.8. The van der Waals surface area contributed by atoms with Crippen molar-refractivity contribution < 1.29 is 23.2 Å². The average Bonchev–Trinajstić information content (AvgIpc) is 2.53. The summed E-state index contributed by atoms with van der Waals surface area (Å²) in [5, 5.41) is 23.1. The Labute approximate surface area is 144 Å². The van der Waals surface area contributed by atoms with Crippen molar-refractivity contribution in [1.29, 1.82) is 0 Å². The van der Waals surface area contributed by atoms with E-state index in [0.717, 1.165) is 24.5 Å². The van der Waals surface area contributed by atoms with Gasteiger partial charge in [-0.2, -0.15) is 0 Å². The predicted molar refractivity (Wildman–Crippen MR) is 90.2 cm³/mol. The van der Waals surface area contributed by atoms with Gasteiger partial charge in [-0.1, -0.05) is 12.1 Å². The van der Waals surface area contributed by atoms with Gasteiger partial charge in [0.1, 0.15) is 5.75 Å². The molecule has 0 aromatic heterocycles. The van der Waals surface area contributed by atoms with Crippen LogP contribution in [0.25, 0.3) is 0 Å². The fraction of sp³-hybridized carbons (Fsp3) is 0.188. The lowest BCUT2D eigenvalue weighted by atomic mass is 10.1. The van der Waals surface area contributed by atoms with Crippen molar-refractivity contribution in [2.75, 3.05) is 6.26 Å². The highest BCUT2D eigenvalue weighted by Crippen LogP contribution is 2.22. The molecule has 8 nitrogen and oxygen atoms in total. The number of rotatable bonds is 5. The third-order valence-corrected chi connectivity index (χ3v) is 4.60. The molecular formula is C16H16N2O6S. The van der Waals surface area contributed by atoms with Crippen LogP contribution in [0.5, 0.6) is 5.75 Å². The molecule has 9 heteroatoms. The van der Waals surface area contributed by atoms with Crippen LogP contribution in [0.15, 0.2) is 47.4 Å². The lowest BCUT2D eigenvalue weighted by molar-refractivity contribution is -0.385. The number of aromatic hydroxyl groups is 1. The molecule has 0 saturated heterocycles. The lowest BCUT2D eigenvalue weighted by Gasteiger charge is -2.15. The number of hydrogen-bond donors (Lipinski definition) is 2. The summed E-state index contributed by atoms with van der Waals surface area (Å²) in [7, 11) is -3.72. The van der Waals surface area contributed by atoms with Gasteiger partial charge in [0.2, 0.25) is 0 Å². The summed E-state index contributed by atoms with van der Waals surface area (Å²) in [5.74, 6) is -0.627. The number of nitro benzene ring substituents is 1. The SMILES string of the molecule is CC(NC(=O)c1cc([N+](=O)[O-])cc(S(C)(=O)=O)c1)c1cccc(O)c1. The topological polar surface area (TPSA) is 127 Å². The molecule has 0 radical (unpaired) electrons. The molecule has 25 heavy (non-hydrogen) atoms. The smallest absolute Gasteiger partial charge is 0.271 e. The Bertz CT molecular complexity index is 939. The number of phenols is 1. The number of phenolic OH excluding ortho intramolecular Hbond substituents is 1. The summed E-state index contributed by atoms with van der Waals surface area (Å²) < 4.78 is 23.4. The van der Waals surface area contributed by atoms with Crippen molar-refractivity contribution in [3.05, 3.63) is 63.7 Å². The lowest BCUT2D eigenvalue weighted by Crippen LogP contribution is -2.26. The van der Waals surface area contributed by atoms with E-state index < -0.39 is 32.4 Å². The molecule has 132 valence electrons. The van der Waals surface area contributed by atoms with Crippen molar-refractivity contribution >= 4 is 21.4 Å². The maximum absolute atomic E-state index is 12.4. The van der Waals surface area contributed by atoms with Crippen LogP contribution in [0.3, 0.4) is 0 Å². The van der Waals surface area contributed by atoms with Gasteiger partial charge in [-0.15, -0.1) is 0 Å². The van der Waals surface area contributed by atoms with Gasteiger partial charge in [-0.05, 0) is 30.7 Å². The first kappa shape index (κ1) is 18.4. The van der Waals surface area contributed by atoms with Gasteiger partial charge in [0.05, 0.1) is 15.9 Å². The standard InChI is InChI=1S/C16H16N2O6S/c1-10(11-4-3-5-14(19)7-11)17-16(20)12-6-13(18(21)22)9-15(8-12)25(2,23)24/h3-10,19H,1-2H3,(H,17,20). The summed E-state index contributed by atoms with van der Waals surface area (Å²) in [6, 6.07) is 8.77. The number of nitro groups is 1. The van der Waals surface area contributed by atoms with E-state index in [1.54, 1.807) is 19.1 Å². The Hall–Kier alpha value is -2.94. The third kappa shape index (κ3) is 4.54. The van der Waals surface area contributed by atoms with Crippen LogP contribution in [-0.4, -0.2) is 30.6 Å². The number of hydrogen-bond acceptors (Lipinski definition) is 6. The van der Waals surface area contributed by atoms with Crippen LogP contribution in [0.1, 0.15) is 28.9 Å². The van der Waals surface area contributed by atoms with Crippen LogP contribution in [0.4, 0.5) is 5.69 Å². The van der Waals surface area contributed by atoms with E-state index in [0.29, 0.717) is 5.56 Å². The van der Waals surface area contributed by atoms with Crippen molar-refractivity contribution in [2.24, 2.45) is 0 Å². The summed E-state index contributed by atoms with van der Waals surface area (Å²) in [6.45, 7) is 1.67. The van der Waals surface area contributed by atoms with Gasteiger partial charge >= 0.3 is 0 Å². The van der Waals surface area contributed by atoms with Gasteiger partial charge in [-0.25, -0.2) is 8.42 Å². The fourth-order valence-corrected chi connectivity index (χ4v) is 2.87. The molecule has 1 atom stereocenters. The molecule has 1 amide bonds. The zero-order valence-corrected chi connectivity index (χ0v) is 14.3. The first-order valence-electron chi connectivity index (χ1n) is 7.17. The number of carbonyl (C=O) groups is 1. The molecule has 1 unspecified atom stereocenters. The molecule has 2 aromatic rings. The van der Waals surface area contributed by atoms with Crippen molar-refractivity contribution in [3.63, 3.8) is 0 Å². The summed E-state index contributed by atoms with van der Waals surface area (Å²) in [5.41, 5.74) is 0.00169. The van der Waals surface area contributed by atoms with E-state index in [9.17, 15) is 28.4 Å². The molecule has 0 saturated carbocycles. The molecule has 0 heterocycles. The minimum absolute atomic E-state index is 0.0355. The first-order chi connectivity index (χ1) is 11.6. The molecular weight excluding hydrogens is 348 g/mol. The monoisotopic (exact) mass is 364 g/mol. The Morgan fingerprint density at radius 2 is 1.92 bits per heavy atom. The number of nitrogens with one attached hydrogen (secondary N) is 1. The molecule has 2 N–H and O–H groups in total. The van der Waals surface area contributed by atoms with E-state index in [2.05, 4.69) is 5.32 Å². The molecule has 2 rings (SSSR count). The molecule has 0 aliphatic heterocycles. The Balaban J connectivity index is 2.35. The second kappa shape index (κ2) is 6.89. The van der Waals surface area contributed by atoms with Crippen LogP contribution < -0.4 is 5.32 Å². The Kier molecular flexibility index (Phi) is 5.07. The second-order valence-electron chi connectivity index (χ2n) is 5.54. The van der Waals surface area contributed by atoms with Gasteiger partial charge < -0.3 is 10.4 Å². The minimum atomic E-state index is -3.72. The normalized spacial score (nSPS) is 12.4. The highest BCUT2D eigenvalue weighted by Gasteiger charge is 2.20. The molecule has 0 bridgehead atoms. The van der Waals surface area contributed by atoms with Gasteiger partial charge in [0, 0.05) is 24.0 Å². The summed E-state index contributed by atoms with van der Waals surface area (Å²) >= 11 is 0.